The van der Waals surface area contributed by atoms with Crippen molar-refractivity contribution in [3.63, 3.8) is 0 Å². The summed E-state index contributed by atoms with van der Waals surface area (Å²) in [4.78, 5) is 34.4. The summed E-state index contributed by atoms with van der Waals surface area (Å²) in [6, 6.07) is -0.992. The van der Waals surface area contributed by atoms with E-state index in [0.717, 1.165) is 4.90 Å². The lowest BCUT2D eigenvalue weighted by Gasteiger charge is -2.21. The number of likely N-dealkylation sites (tertiary alicyclic amines) is 1. The van der Waals surface area contributed by atoms with Gasteiger partial charge in [-0.3, -0.25) is 14.4 Å². The smallest absolute Gasteiger partial charge is 0.394 e. The maximum absolute atomic E-state index is 12.7. The van der Waals surface area contributed by atoms with E-state index in [2.05, 4.69) is 5.32 Å². The van der Waals surface area contributed by atoms with Crippen LogP contribution in [0.15, 0.2) is 0 Å². The first-order valence-corrected chi connectivity index (χ1v) is 5.89. The Morgan fingerprint density at radius 2 is 1.85 bits per heavy atom. The predicted molar refractivity (Wildman–Crippen MR) is 60.5 cm³/mol. The SMILES string of the molecule is CC(=O)NC(C)C(=O)N1C[C@@H](C(F)(F)F)[C@H](C(=O)O)C1. The molecule has 0 aromatic rings. The Morgan fingerprint density at radius 1 is 1.30 bits per heavy atom. The second-order valence-corrected chi connectivity index (χ2v) is 4.76. The van der Waals surface area contributed by atoms with E-state index >= 15 is 0 Å². The molecule has 1 saturated heterocycles. The maximum Gasteiger partial charge on any atom is 0.394 e. The lowest BCUT2D eigenvalue weighted by Crippen LogP contribution is -2.46. The fraction of sp³-hybridized carbons (Fsp3) is 0.727. The second kappa shape index (κ2) is 5.68. The normalized spacial score (nSPS) is 24.4. The van der Waals surface area contributed by atoms with E-state index in [4.69, 9.17) is 5.11 Å². The zero-order valence-corrected chi connectivity index (χ0v) is 10.9. The maximum atomic E-state index is 12.7. The van der Waals surface area contributed by atoms with Crippen LogP contribution in [0.1, 0.15) is 13.8 Å². The minimum Gasteiger partial charge on any atom is -0.481 e. The molecule has 0 spiro atoms. The van der Waals surface area contributed by atoms with Gasteiger partial charge >= 0.3 is 12.1 Å². The summed E-state index contributed by atoms with van der Waals surface area (Å²) >= 11 is 0. The molecule has 20 heavy (non-hydrogen) atoms. The molecule has 2 amide bonds. The van der Waals surface area contributed by atoms with Crippen molar-refractivity contribution < 1.29 is 32.7 Å². The Bertz CT molecular complexity index is 424. The average molecular weight is 296 g/mol. The third-order valence-corrected chi connectivity index (χ3v) is 3.16. The van der Waals surface area contributed by atoms with E-state index in [0.29, 0.717) is 0 Å². The second-order valence-electron chi connectivity index (χ2n) is 4.76. The van der Waals surface area contributed by atoms with Gasteiger partial charge in [-0.15, -0.1) is 0 Å². The molecule has 2 N–H and O–H groups in total. The first kappa shape index (κ1) is 16.3. The van der Waals surface area contributed by atoms with Crippen molar-refractivity contribution >= 4 is 17.8 Å². The number of amides is 2. The number of halogens is 3. The summed E-state index contributed by atoms with van der Waals surface area (Å²) in [6.45, 7) is 1.29. The number of carbonyl (C=O) groups excluding carboxylic acids is 2. The Balaban J connectivity index is 2.83. The lowest BCUT2D eigenvalue weighted by molar-refractivity contribution is -0.188. The van der Waals surface area contributed by atoms with Crippen molar-refractivity contribution in [2.24, 2.45) is 11.8 Å². The van der Waals surface area contributed by atoms with Crippen molar-refractivity contribution in [2.45, 2.75) is 26.1 Å². The van der Waals surface area contributed by atoms with Crippen LogP contribution in [0.2, 0.25) is 0 Å². The summed E-state index contributed by atoms with van der Waals surface area (Å²) in [6.07, 6.45) is -4.69. The van der Waals surface area contributed by atoms with Gasteiger partial charge in [-0.25, -0.2) is 0 Å². The number of carbonyl (C=O) groups is 3. The summed E-state index contributed by atoms with van der Waals surface area (Å²) in [5.41, 5.74) is 0. The highest BCUT2D eigenvalue weighted by Gasteiger charge is 2.53. The molecule has 1 heterocycles. The van der Waals surface area contributed by atoms with Crippen LogP contribution in [0, 0.1) is 11.8 Å². The van der Waals surface area contributed by atoms with Crippen molar-refractivity contribution in [3.05, 3.63) is 0 Å². The zero-order valence-electron chi connectivity index (χ0n) is 10.9. The van der Waals surface area contributed by atoms with E-state index in [1.54, 1.807) is 0 Å². The molecule has 1 aliphatic rings. The molecule has 0 radical (unpaired) electrons. The number of aliphatic carboxylic acids is 1. The van der Waals surface area contributed by atoms with E-state index in [9.17, 15) is 27.6 Å². The Labute approximate surface area is 112 Å². The number of nitrogens with zero attached hydrogens (tertiary/aromatic N) is 1. The van der Waals surface area contributed by atoms with Gasteiger partial charge in [-0.05, 0) is 6.92 Å². The molecule has 1 rings (SSSR count). The van der Waals surface area contributed by atoms with Crippen molar-refractivity contribution in [1.29, 1.82) is 0 Å². The summed E-state index contributed by atoms with van der Waals surface area (Å²) < 4.78 is 38.2. The molecule has 3 atom stereocenters. The number of carboxylic acids is 1. The van der Waals surface area contributed by atoms with E-state index < -0.39 is 54.9 Å². The van der Waals surface area contributed by atoms with Gasteiger partial charge in [0.2, 0.25) is 11.8 Å². The predicted octanol–water partition coefficient (Wildman–Crippen LogP) is 0.233. The molecule has 9 heteroatoms. The van der Waals surface area contributed by atoms with Gasteiger partial charge in [0.25, 0.3) is 0 Å². The largest absolute Gasteiger partial charge is 0.481 e. The molecule has 0 saturated carbocycles. The van der Waals surface area contributed by atoms with E-state index in [-0.39, 0.29) is 0 Å². The molecule has 6 nitrogen and oxygen atoms in total. The quantitative estimate of drug-likeness (QED) is 0.780. The monoisotopic (exact) mass is 296 g/mol. The fourth-order valence-corrected chi connectivity index (χ4v) is 2.21. The van der Waals surface area contributed by atoms with Gasteiger partial charge in [0.15, 0.2) is 0 Å². The third-order valence-electron chi connectivity index (χ3n) is 3.16. The number of hydrogen-bond acceptors (Lipinski definition) is 3. The Morgan fingerprint density at radius 3 is 2.20 bits per heavy atom. The first-order chi connectivity index (χ1) is 9.04. The van der Waals surface area contributed by atoms with Crippen LogP contribution in [0.25, 0.3) is 0 Å². The molecule has 0 aliphatic carbocycles. The van der Waals surface area contributed by atoms with Gasteiger partial charge in [-0.2, -0.15) is 13.2 Å². The van der Waals surface area contributed by atoms with Crippen LogP contribution in [0.4, 0.5) is 13.2 Å². The van der Waals surface area contributed by atoms with Gasteiger partial charge < -0.3 is 15.3 Å². The number of rotatable bonds is 3. The minimum absolute atomic E-state index is 0.493. The summed E-state index contributed by atoms with van der Waals surface area (Å²) in [5.74, 6) is -6.57. The average Bonchev–Trinajstić information content (AvgIpc) is 2.71. The van der Waals surface area contributed by atoms with Crippen LogP contribution in [-0.4, -0.2) is 53.1 Å². The van der Waals surface area contributed by atoms with Crippen LogP contribution >= 0.6 is 0 Å². The molecule has 1 fully saturated rings. The van der Waals surface area contributed by atoms with Crippen molar-refractivity contribution in [3.8, 4) is 0 Å². The Hall–Kier alpha value is -1.80. The van der Waals surface area contributed by atoms with Crippen molar-refractivity contribution in [2.75, 3.05) is 13.1 Å². The molecule has 1 unspecified atom stereocenters. The molecule has 0 bridgehead atoms. The zero-order chi connectivity index (χ0) is 15.7. The van der Waals surface area contributed by atoms with E-state index in [1.165, 1.54) is 13.8 Å². The van der Waals surface area contributed by atoms with Gasteiger partial charge in [0.05, 0.1) is 11.8 Å². The summed E-state index contributed by atoms with van der Waals surface area (Å²) in [5, 5.41) is 11.1. The summed E-state index contributed by atoms with van der Waals surface area (Å²) in [7, 11) is 0. The van der Waals surface area contributed by atoms with Crippen LogP contribution < -0.4 is 5.32 Å². The molecular weight excluding hydrogens is 281 g/mol. The van der Waals surface area contributed by atoms with Crippen LogP contribution in [0.3, 0.4) is 0 Å². The number of alkyl halides is 3. The lowest BCUT2D eigenvalue weighted by atomic mass is 9.96. The van der Waals surface area contributed by atoms with Gasteiger partial charge in [0, 0.05) is 20.0 Å². The number of hydrogen-bond donors (Lipinski definition) is 2. The third kappa shape index (κ3) is 3.61. The number of carboxylic acid groups (broad SMARTS) is 1. The van der Waals surface area contributed by atoms with E-state index in [1.807, 2.05) is 0 Å². The number of nitrogens with one attached hydrogen (secondary N) is 1. The highest BCUT2D eigenvalue weighted by Crippen LogP contribution is 2.37. The van der Waals surface area contributed by atoms with Crippen LogP contribution in [-0.2, 0) is 14.4 Å². The van der Waals surface area contributed by atoms with Gasteiger partial charge in [0.1, 0.15) is 6.04 Å². The fourth-order valence-electron chi connectivity index (χ4n) is 2.21. The van der Waals surface area contributed by atoms with Crippen LogP contribution in [0.5, 0.6) is 0 Å². The first-order valence-electron chi connectivity index (χ1n) is 5.89. The topological polar surface area (TPSA) is 86.7 Å². The van der Waals surface area contributed by atoms with Gasteiger partial charge in [-0.1, -0.05) is 0 Å². The standard InChI is InChI=1S/C11H15F3N2O4/c1-5(15-6(2)17)9(18)16-3-7(10(19)20)8(4-16)11(12,13)14/h5,7-8H,3-4H2,1-2H3,(H,15,17)(H,19,20)/t5?,7-,8-/m1/s1. The molecule has 114 valence electrons. The van der Waals surface area contributed by atoms with Crippen molar-refractivity contribution in [1.82, 2.24) is 10.2 Å². The molecule has 1 aliphatic heterocycles. The minimum atomic E-state index is -4.69. The molecular formula is C11H15F3N2O4. The molecule has 0 aromatic heterocycles. The Kier molecular flexibility index (Phi) is 4.61. The molecule has 0 aromatic carbocycles. The highest BCUT2D eigenvalue weighted by atomic mass is 19.4. The highest BCUT2D eigenvalue weighted by molar-refractivity contribution is 5.87.